The molecule has 86 valence electrons. The molecule has 0 aromatic rings. The topological polar surface area (TPSA) is 34.1 Å². The molecule has 1 aliphatic carbocycles. The first-order valence-electron chi connectivity index (χ1n) is 5.27. The van der Waals surface area contributed by atoms with Crippen LogP contribution in [0.1, 0.15) is 26.2 Å². The van der Waals surface area contributed by atoms with Crippen LogP contribution >= 0.6 is 23.5 Å². The van der Waals surface area contributed by atoms with Crippen molar-refractivity contribution in [2.45, 2.75) is 36.7 Å². The van der Waals surface area contributed by atoms with E-state index in [-0.39, 0.29) is 22.2 Å². The number of carbonyl (C=O) groups excluding carboxylic acids is 2. The fraction of sp³-hybridized carbons (Fsp3) is 0.818. The lowest BCUT2D eigenvalue weighted by atomic mass is 9.83. The first-order valence-corrected chi connectivity index (χ1v) is 7.85. The smallest absolute Gasteiger partial charge is 0.150 e. The maximum Gasteiger partial charge on any atom is 0.150 e. The summed E-state index contributed by atoms with van der Waals surface area (Å²) in [6, 6.07) is 0. The van der Waals surface area contributed by atoms with E-state index in [1.54, 1.807) is 0 Å². The van der Waals surface area contributed by atoms with Crippen LogP contribution in [0.2, 0.25) is 0 Å². The monoisotopic (exact) mass is 246 g/mol. The summed E-state index contributed by atoms with van der Waals surface area (Å²) in [5, 5.41) is -0.224. The molecule has 1 aliphatic rings. The zero-order valence-electron chi connectivity index (χ0n) is 9.49. The summed E-state index contributed by atoms with van der Waals surface area (Å²) in [6.45, 7) is 2.06. The van der Waals surface area contributed by atoms with Gasteiger partial charge < -0.3 is 0 Å². The van der Waals surface area contributed by atoms with Crippen LogP contribution in [0.4, 0.5) is 0 Å². The second-order valence-electron chi connectivity index (χ2n) is 3.87. The highest BCUT2D eigenvalue weighted by atomic mass is 32.2. The van der Waals surface area contributed by atoms with E-state index in [1.165, 1.54) is 23.5 Å². The van der Waals surface area contributed by atoms with Gasteiger partial charge in [0.25, 0.3) is 0 Å². The minimum atomic E-state index is -0.113. The number of thioether (sulfide) groups is 2. The van der Waals surface area contributed by atoms with E-state index in [0.717, 1.165) is 12.8 Å². The van der Waals surface area contributed by atoms with Crippen LogP contribution in [0.3, 0.4) is 0 Å². The molecule has 0 aromatic heterocycles. The lowest BCUT2D eigenvalue weighted by molar-refractivity contribution is -0.132. The molecule has 1 saturated carbocycles. The van der Waals surface area contributed by atoms with Gasteiger partial charge in [-0.1, -0.05) is 13.3 Å². The zero-order chi connectivity index (χ0) is 11.4. The number of ketones is 2. The number of hydrogen-bond acceptors (Lipinski definition) is 4. The lowest BCUT2D eigenvalue weighted by Gasteiger charge is -2.31. The Labute approximate surface area is 100.0 Å². The summed E-state index contributed by atoms with van der Waals surface area (Å²) >= 11 is 3.05. The SMILES string of the molecule is CCCC1CC(=O)C(SC)C(SC)C1=O. The first-order chi connectivity index (χ1) is 7.15. The van der Waals surface area contributed by atoms with Gasteiger partial charge in [0.15, 0.2) is 5.78 Å². The molecule has 0 N–H and O–H groups in total. The number of carbonyl (C=O) groups is 2. The van der Waals surface area contributed by atoms with Crippen LogP contribution in [0.15, 0.2) is 0 Å². The van der Waals surface area contributed by atoms with Crippen molar-refractivity contribution in [3.05, 3.63) is 0 Å². The molecule has 2 nitrogen and oxygen atoms in total. The van der Waals surface area contributed by atoms with Crippen LogP contribution in [-0.4, -0.2) is 34.6 Å². The number of hydrogen-bond donors (Lipinski definition) is 0. The molecule has 0 heterocycles. The van der Waals surface area contributed by atoms with Crippen molar-refractivity contribution < 1.29 is 9.59 Å². The zero-order valence-corrected chi connectivity index (χ0v) is 11.1. The second kappa shape index (κ2) is 5.94. The van der Waals surface area contributed by atoms with Crippen LogP contribution < -0.4 is 0 Å². The molecule has 0 aliphatic heterocycles. The Kier molecular flexibility index (Phi) is 5.19. The van der Waals surface area contributed by atoms with E-state index in [1.807, 2.05) is 12.5 Å². The summed E-state index contributed by atoms with van der Waals surface area (Å²) in [7, 11) is 0. The van der Waals surface area contributed by atoms with Crippen molar-refractivity contribution in [1.82, 2.24) is 0 Å². The maximum atomic E-state index is 12.1. The molecule has 3 unspecified atom stereocenters. The lowest BCUT2D eigenvalue weighted by Crippen LogP contribution is -2.45. The van der Waals surface area contributed by atoms with E-state index in [0.29, 0.717) is 12.2 Å². The molecule has 0 saturated heterocycles. The minimum absolute atomic E-state index is 0.0108. The molecule has 3 atom stereocenters. The highest BCUT2D eigenvalue weighted by Crippen LogP contribution is 2.34. The number of rotatable bonds is 4. The van der Waals surface area contributed by atoms with Crippen molar-refractivity contribution in [2.24, 2.45) is 5.92 Å². The molecule has 0 spiro atoms. The van der Waals surface area contributed by atoms with Crippen molar-refractivity contribution in [3.8, 4) is 0 Å². The Morgan fingerprint density at radius 3 is 2.27 bits per heavy atom. The van der Waals surface area contributed by atoms with Crippen molar-refractivity contribution in [1.29, 1.82) is 0 Å². The predicted molar refractivity (Wildman–Crippen MR) is 67.6 cm³/mol. The molecule has 0 bridgehead atoms. The van der Waals surface area contributed by atoms with E-state index in [2.05, 4.69) is 6.92 Å². The van der Waals surface area contributed by atoms with Gasteiger partial charge in [-0.25, -0.2) is 0 Å². The van der Waals surface area contributed by atoms with Gasteiger partial charge in [-0.05, 0) is 18.9 Å². The Morgan fingerprint density at radius 2 is 1.80 bits per heavy atom. The normalized spacial score (nSPS) is 32.1. The van der Waals surface area contributed by atoms with Gasteiger partial charge in [-0.15, -0.1) is 0 Å². The molecule has 15 heavy (non-hydrogen) atoms. The van der Waals surface area contributed by atoms with Crippen LogP contribution in [0, 0.1) is 5.92 Å². The highest BCUT2D eigenvalue weighted by molar-refractivity contribution is 8.04. The maximum absolute atomic E-state index is 12.1. The van der Waals surface area contributed by atoms with Crippen LogP contribution in [0.5, 0.6) is 0 Å². The summed E-state index contributed by atoms with van der Waals surface area (Å²) in [5.41, 5.74) is 0. The predicted octanol–water partition coefficient (Wildman–Crippen LogP) is 2.41. The third-order valence-corrected chi connectivity index (χ3v) is 5.10. The third kappa shape index (κ3) is 2.78. The van der Waals surface area contributed by atoms with E-state index >= 15 is 0 Å². The van der Waals surface area contributed by atoms with Gasteiger partial charge in [0.1, 0.15) is 5.78 Å². The van der Waals surface area contributed by atoms with Gasteiger partial charge in [0.05, 0.1) is 10.5 Å². The summed E-state index contributed by atoms with van der Waals surface area (Å²) in [4.78, 5) is 23.9. The van der Waals surface area contributed by atoms with Crippen molar-refractivity contribution >= 4 is 35.1 Å². The summed E-state index contributed by atoms with van der Waals surface area (Å²) in [6.07, 6.45) is 6.15. The molecular weight excluding hydrogens is 228 g/mol. The highest BCUT2D eigenvalue weighted by Gasteiger charge is 2.41. The molecule has 0 radical (unpaired) electrons. The van der Waals surface area contributed by atoms with Crippen molar-refractivity contribution in [2.75, 3.05) is 12.5 Å². The fourth-order valence-electron chi connectivity index (χ4n) is 2.10. The van der Waals surface area contributed by atoms with Crippen molar-refractivity contribution in [3.63, 3.8) is 0 Å². The molecule has 4 heteroatoms. The minimum Gasteiger partial charge on any atom is -0.298 e. The van der Waals surface area contributed by atoms with E-state index in [4.69, 9.17) is 0 Å². The molecule has 0 aromatic carbocycles. The number of Topliss-reactive ketones (excluding diaryl/α,β-unsaturated/α-hetero) is 2. The Morgan fingerprint density at radius 1 is 1.20 bits per heavy atom. The van der Waals surface area contributed by atoms with Gasteiger partial charge in [-0.2, -0.15) is 23.5 Å². The quantitative estimate of drug-likeness (QED) is 0.763. The first kappa shape index (κ1) is 13.1. The molecular formula is C11H18O2S2. The Hall–Kier alpha value is 0.0400. The van der Waals surface area contributed by atoms with E-state index in [9.17, 15) is 9.59 Å². The third-order valence-electron chi connectivity index (χ3n) is 2.87. The Balaban J connectivity index is 2.80. The molecule has 1 rings (SSSR count). The largest absolute Gasteiger partial charge is 0.298 e. The van der Waals surface area contributed by atoms with Crippen LogP contribution in [0.25, 0.3) is 0 Å². The van der Waals surface area contributed by atoms with Gasteiger partial charge >= 0.3 is 0 Å². The average Bonchev–Trinajstić information content (AvgIpc) is 2.22. The summed E-state index contributed by atoms with van der Waals surface area (Å²) in [5.74, 6) is 0.548. The average molecular weight is 246 g/mol. The molecule has 0 amide bonds. The van der Waals surface area contributed by atoms with Gasteiger partial charge in [0, 0.05) is 12.3 Å². The van der Waals surface area contributed by atoms with Gasteiger partial charge in [-0.3, -0.25) is 9.59 Å². The fourth-order valence-corrected chi connectivity index (χ4v) is 4.33. The summed E-state index contributed by atoms with van der Waals surface area (Å²) < 4.78 is 0. The van der Waals surface area contributed by atoms with Gasteiger partial charge in [0.2, 0.25) is 0 Å². The van der Waals surface area contributed by atoms with Crippen LogP contribution in [-0.2, 0) is 9.59 Å². The van der Waals surface area contributed by atoms with E-state index < -0.39 is 0 Å². The molecule has 1 fully saturated rings. The second-order valence-corrected chi connectivity index (χ2v) is 5.83. The Bertz CT molecular complexity index is 253. The standard InChI is InChI=1S/C11H18O2S2/c1-4-5-7-6-8(12)10(14-2)11(15-3)9(7)13/h7,10-11H,4-6H2,1-3H3.